The molecule has 21 heavy (non-hydrogen) atoms. The van der Waals surface area contributed by atoms with Crippen LogP contribution >= 0.6 is 22.6 Å². The van der Waals surface area contributed by atoms with Crippen molar-refractivity contribution < 1.29 is 9.59 Å². The summed E-state index contributed by atoms with van der Waals surface area (Å²) in [5.74, 6) is -0.389. The van der Waals surface area contributed by atoms with E-state index in [0.717, 1.165) is 9.26 Å². The number of benzene rings is 2. The molecule has 0 spiro atoms. The van der Waals surface area contributed by atoms with Crippen LogP contribution in [0.15, 0.2) is 54.6 Å². The van der Waals surface area contributed by atoms with Crippen LogP contribution in [-0.2, 0) is 4.79 Å². The molecule has 0 aliphatic carbocycles. The Morgan fingerprint density at radius 1 is 1.10 bits per heavy atom. The normalized spacial score (nSPS) is 10.0. The quantitative estimate of drug-likeness (QED) is 0.811. The molecule has 0 aromatic heterocycles. The van der Waals surface area contributed by atoms with E-state index in [2.05, 4.69) is 27.9 Å². The van der Waals surface area contributed by atoms with Gasteiger partial charge in [-0.3, -0.25) is 9.59 Å². The highest BCUT2D eigenvalue weighted by Gasteiger charge is 2.15. The molecule has 2 aromatic carbocycles. The molecule has 5 heteroatoms. The third-order valence-corrected chi connectivity index (χ3v) is 3.53. The molecule has 0 saturated heterocycles. The number of halogens is 1. The second-order valence-electron chi connectivity index (χ2n) is 4.59. The first-order chi connectivity index (χ1) is 10.1. The first kappa shape index (κ1) is 15.5. The van der Waals surface area contributed by atoms with E-state index in [0.29, 0.717) is 5.56 Å². The Bertz CT molecular complexity index is 644. The van der Waals surface area contributed by atoms with Crippen LogP contribution in [0.4, 0.5) is 5.69 Å². The van der Waals surface area contributed by atoms with Crippen molar-refractivity contribution in [3.63, 3.8) is 0 Å². The monoisotopic (exact) mass is 394 g/mol. The Morgan fingerprint density at radius 3 is 2.48 bits per heavy atom. The van der Waals surface area contributed by atoms with Crippen molar-refractivity contribution in [2.45, 2.75) is 0 Å². The van der Waals surface area contributed by atoms with Gasteiger partial charge in [-0.2, -0.15) is 0 Å². The lowest BCUT2D eigenvalue weighted by Gasteiger charge is -2.17. The summed E-state index contributed by atoms with van der Waals surface area (Å²) in [5.41, 5.74) is 1.30. The molecular weight excluding hydrogens is 379 g/mol. The molecule has 2 rings (SSSR count). The fraction of sp³-hybridized carbons (Fsp3) is 0.125. The number of carbonyl (C=O) groups excluding carboxylic acids is 2. The number of rotatable bonds is 4. The summed E-state index contributed by atoms with van der Waals surface area (Å²) in [5, 5.41) is 2.76. The van der Waals surface area contributed by atoms with Gasteiger partial charge in [0.25, 0.3) is 5.91 Å². The van der Waals surface area contributed by atoms with E-state index in [-0.39, 0.29) is 18.4 Å². The lowest BCUT2D eigenvalue weighted by atomic mass is 10.2. The van der Waals surface area contributed by atoms with Gasteiger partial charge < -0.3 is 10.2 Å². The van der Waals surface area contributed by atoms with Gasteiger partial charge >= 0.3 is 0 Å². The van der Waals surface area contributed by atoms with E-state index in [4.69, 9.17) is 0 Å². The van der Waals surface area contributed by atoms with Gasteiger partial charge in [0.15, 0.2) is 0 Å². The minimum atomic E-state index is -0.220. The second-order valence-corrected chi connectivity index (χ2v) is 5.83. The van der Waals surface area contributed by atoms with Gasteiger partial charge in [0.2, 0.25) is 5.91 Å². The van der Waals surface area contributed by atoms with Crippen molar-refractivity contribution in [2.75, 3.05) is 18.9 Å². The van der Waals surface area contributed by atoms with Crippen molar-refractivity contribution in [2.24, 2.45) is 0 Å². The molecule has 4 nitrogen and oxygen atoms in total. The van der Waals surface area contributed by atoms with Gasteiger partial charge in [0.1, 0.15) is 0 Å². The molecular formula is C16H15IN2O2. The van der Waals surface area contributed by atoms with Crippen LogP contribution in [0.2, 0.25) is 0 Å². The molecule has 0 saturated carbocycles. The van der Waals surface area contributed by atoms with Gasteiger partial charge in [-0.25, -0.2) is 0 Å². The van der Waals surface area contributed by atoms with Crippen LogP contribution in [0, 0.1) is 3.57 Å². The molecule has 0 aliphatic rings. The van der Waals surface area contributed by atoms with E-state index in [1.54, 1.807) is 31.3 Å². The number of para-hydroxylation sites is 1. The van der Waals surface area contributed by atoms with Crippen molar-refractivity contribution in [3.8, 4) is 0 Å². The van der Waals surface area contributed by atoms with Gasteiger partial charge in [-0.05, 0) is 52.9 Å². The van der Waals surface area contributed by atoms with E-state index < -0.39 is 0 Å². The molecule has 0 unspecified atom stereocenters. The second kappa shape index (κ2) is 7.21. The van der Waals surface area contributed by atoms with Gasteiger partial charge in [-0.15, -0.1) is 0 Å². The van der Waals surface area contributed by atoms with Gasteiger partial charge in [0, 0.05) is 21.9 Å². The Balaban J connectivity index is 1.96. The Hall–Kier alpha value is -1.89. The number of nitrogens with zero attached hydrogens (tertiary/aromatic N) is 1. The first-order valence-electron chi connectivity index (χ1n) is 6.42. The maximum Gasteiger partial charge on any atom is 0.254 e. The van der Waals surface area contributed by atoms with Gasteiger partial charge in [0.05, 0.1) is 6.54 Å². The molecule has 108 valence electrons. The van der Waals surface area contributed by atoms with Crippen molar-refractivity contribution in [3.05, 3.63) is 63.7 Å². The smallest absolute Gasteiger partial charge is 0.254 e. The fourth-order valence-electron chi connectivity index (χ4n) is 1.85. The third-order valence-electron chi connectivity index (χ3n) is 2.86. The zero-order valence-corrected chi connectivity index (χ0v) is 13.7. The molecule has 0 fully saturated rings. The molecule has 0 bridgehead atoms. The average Bonchev–Trinajstić information content (AvgIpc) is 2.47. The summed E-state index contributed by atoms with van der Waals surface area (Å²) in [6.45, 7) is 0.0131. The minimum absolute atomic E-state index is 0.0131. The van der Waals surface area contributed by atoms with E-state index in [1.165, 1.54) is 4.90 Å². The van der Waals surface area contributed by atoms with Crippen LogP contribution < -0.4 is 5.32 Å². The Labute approximate surface area is 137 Å². The highest BCUT2D eigenvalue weighted by Crippen LogP contribution is 2.10. The van der Waals surface area contributed by atoms with E-state index >= 15 is 0 Å². The summed E-state index contributed by atoms with van der Waals surface area (Å²) in [6.07, 6.45) is 0. The maximum atomic E-state index is 12.2. The number of likely N-dealkylation sites (N-methyl/N-ethyl adjacent to an activating group) is 1. The Morgan fingerprint density at radius 2 is 1.81 bits per heavy atom. The predicted molar refractivity (Wildman–Crippen MR) is 91.2 cm³/mol. The Kier molecular flexibility index (Phi) is 5.32. The lowest BCUT2D eigenvalue weighted by molar-refractivity contribution is -0.116. The lowest BCUT2D eigenvalue weighted by Crippen LogP contribution is -2.34. The molecule has 0 atom stereocenters. The number of anilines is 1. The number of hydrogen-bond donors (Lipinski definition) is 1. The molecule has 2 aromatic rings. The maximum absolute atomic E-state index is 12.2. The molecule has 2 amide bonds. The number of carbonyl (C=O) groups is 2. The topological polar surface area (TPSA) is 49.4 Å². The summed E-state index contributed by atoms with van der Waals surface area (Å²) >= 11 is 2.15. The summed E-state index contributed by atoms with van der Waals surface area (Å²) < 4.78 is 0.987. The molecule has 0 heterocycles. The van der Waals surface area contributed by atoms with Crippen molar-refractivity contribution in [1.82, 2.24) is 4.90 Å². The summed E-state index contributed by atoms with van der Waals surface area (Å²) in [6, 6.07) is 16.5. The standard InChI is InChI=1S/C16H15IN2O2/c1-19(16(21)12-6-5-7-13(17)10-12)11-15(20)18-14-8-3-2-4-9-14/h2-10H,11H2,1H3,(H,18,20). The highest BCUT2D eigenvalue weighted by molar-refractivity contribution is 14.1. The fourth-order valence-corrected chi connectivity index (χ4v) is 2.39. The largest absolute Gasteiger partial charge is 0.332 e. The SMILES string of the molecule is CN(CC(=O)Nc1ccccc1)C(=O)c1cccc(I)c1. The van der Waals surface area contributed by atoms with E-state index in [9.17, 15) is 9.59 Å². The zero-order chi connectivity index (χ0) is 15.2. The minimum Gasteiger partial charge on any atom is -0.332 e. The van der Waals surface area contributed by atoms with Crippen LogP contribution in [0.1, 0.15) is 10.4 Å². The van der Waals surface area contributed by atoms with Crippen molar-refractivity contribution >= 4 is 40.1 Å². The van der Waals surface area contributed by atoms with Gasteiger partial charge in [-0.1, -0.05) is 24.3 Å². The zero-order valence-electron chi connectivity index (χ0n) is 11.5. The predicted octanol–water partition coefficient (Wildman–Crippen LogP) is 3.00. The molecule has 0 aliphatic heterocycles. The van der Waals surface area contributed by atoms with Crippen LogP contribution in [0.5, 0.6) is 0 Å². The highest BCUT2D eigenvalue weighted by atomic mass is 127. The van der Waals surface area contributed by atoms with Crippen LogP contribution in [0.25, 0.3) is 0 Å². The number of amides is 2. The first-order valence-corrected chi connectivity index (χ1v) is 7.50. The number of hydrogen-bond acceptors (Lipinski definition) is 2. The average molecular weight is 394 g/mol. The van der Waals surface area contributed by atoms with Crippen LogP contribution in [0.3, 0.4) is 0 Å². The summed E-state index contributed by atoms with van der Waals surface area (Å²) in [7, 11) is 1.62. The molecule has 0 radical (unpaired) electrons. The van der Waals surface area contributed by atoms with Crippen molar-refractivity contribution in [1.29, 1.82) is 0 Å². The number of nitrogens with one attached hydrogen (secondary N) is 1. The van der Waals surface area contributed by atoms with Crippen LogP contribution in [-0.4, -0.2) is 30.3 Å². The third kappa shape index (κ3) is 4.56. The van der Waals surface area contributed by atoms with E-state index in [1.807, 2.05) is 30.3 Å². The molecule has 1 N–H and O–H groups in total. The summed E-state index contributed by atoms with van der Waals surface area (Å²) in [4.78, 5) is 25.6.